The molecule has 6 nitrogen and oxygen atoms in total. The molecule has 1 aliphatic rings. The van der Waals surface area contributed by atoms with Gasteiger partial charge in [0.15, 0.2) is 0 Å². The standard InChI is InChI=1S/C22H28N2O4S/c1-4-27-22(26)20-18(17-8-6-5-7-9-17)14-29-21(20)23-19(25)10-11-24-12-15(2)28-16(3)13-24/h5-9,14-16H,4,10-13H2,1-3H3,(H,23,25). The van der Waals surface area contributed by atoms with E-state index >= 15 is 0 Å². The van der Waals surface area contributed by atoms with Crippen molar-refractivity contribution in [1.82, 2.24) is 4.90 Å². The summed E-state index contributed by atoms with van der Waals surface area (Å²) in [5, 5.41) is 5.35. The molecule has 2 atom stereocenters. The highest BCUT2D eigenvalue weighted by Crippen LogP contribution is 2.36. The van der Waals surface area contributed by atoms with Crippen LogP contribution in [0.25, 0.3) is 11.1 Å². The number of carbonyl (C=O) groups is 2. The monoisotopic (exact) mass is 416 g/mol. The Bertz CT molecular complexity index is 827. The van der Waals surface area contributed by atoms with Crippen LogP contribution in [0.3, 0.4) is 0 Å². The van der Waals surface area contributed by atoms with E-state index in [4.69, 9.17) is 9.47 Å². The number of anilines is 1. The number of morpholine rings is 1. The summed E-state index contributed by atoms with van der Waals surface area (Å²) >= 11 is 1.35. The highest BCUT2D eigenvalue weighted by Gasteiger charge is 2.24. The van der Waals surface area contributed by atoms with E-state index < -0.39 is 5.97 Å². The smallest absolute Gasteiger partial charge is 0.341 e. The topological polar surface area (TPSA) is 67.9 Å². The van der Waals surface area contributed by atoms with Gasteiger partial charge in [0, 0.05) is 37.0 Å². The van der Waals surface area contributed by atoms with Crippen molar-refractivity contribution in [3.05, 3.63) is 41.3 Å². The quantitative estimate of drug-likeness (QED) is 0.690. The zero-order valence-corrected chi connectivity index (χ0v) is 18.0. The number of amides is 1. The van der Waals surface area contributed by atoms with Gasteiger partial charge in [-0.2, -0.15) is 0 Å². The largest absolute Gasteiger partial charge is 0.462 e. The maximum atomic E-state index is 12.6. The number of benzene rings is 1. The molecule has 1 N–H and O–H groups in total. The Labute approximate surface area is 175 Å². The lowest BCUT2D eigenvalue weighted by Crippen LogP contribution is -2.46. The number of hydrogen-bond acceptors (Lipinski definition) is 6. The van der Waals surface area contributed by atoms with E-state index in [9.17, 15) is 9.59 Å². The third-order valence-corrected chi connectivity index (χ3v) is 5.65. The van der Waals surface area contributed by atoms with E-state index in [2.05, 4.69) is 10.2 Å². The molecule has 1 fully saturated rings. The first-order valence-corrected chi connectivity index (χ1v) is 10.9. The Balaban J connectivity index is 1.70. The molecule has 1 amide bonds. The summed E-state index contributed by atoms with van der Waals surface area (Å²) in [7, 11) is 0. The van der Waals surface area contributed by atoms with Crippen molar-refractivity contribution in [1.29, 1.82) is 0 Å². The number of carbonyl (C=O) groups excluding carboxylic acids is 2. The summed E-state index contributed by atoms with van der Waals surface area (Å²) < 4.78 is 11.0. The Morgan fingerprint density at radius 3 is 2.55 bits per heavy atom. The predicted octanol–water partition coefficient (Wildman–Crippen LogP) is 4.03. The molecule has 29 heavy (non-hydrogen) atoms. The Kier molecular flexibility index (Phi) is 7.41. The highest BCUT2D eigenvalue weighted by molar-refractivity contribution is 7.15. The van der Waals surface area contributed by atoms with E-state index in [-0.39, 0.29) is 24.7 Å². The Morgan fingerprint density at radius 2 is 1.90 bits per heavy atom. The lowest BCUT2D eigenvalue weighted by Gasteiger charge is -2.35. The molecule has 0 radical (unpaired) electrons. The van der Waals surface area contributed by atoms with Gasteiger partial charge in [0.05, 0.1) is 18.8 Å². The van der Waals surface area contributed by atoms with Gasteiger partial charge in [-0.1, -0.05) is 30.3 Å². The maximum absolute atomic E-state index is 12.6. The molecule has 3 rings (SSSR count). The highest BCUT2D eigenvalue weighted by atomic mass is 32.1. The molecule has 2 unspecified atom stereocenters. The molecule has 1 aromatic heterocycles. The van der Waals surface area contributed by atoms with Crippen molar-refractivity contribution in [2.45, 2.75) is 39.4 Å². The molecule has 0 saturated carbocycles. The molecule has 7 heteroatoms. The van der Waals surface area contributed by atoms with Crippen LogP contribution in [0, 0.1) is 0 Å². The fraction of sp³-hybridized carbons (Fsp3) is 0.455. The van der Waals surface area contributed by atoms with Gasteiger partial charge in [0.1, 0.15) is 10.6 Å². The van der Waals surface area contributed by atoms with Crippen LogP contribution in [0.15, 0.2) is 35.7 Å². The van der Waals surface area contributed by atoms with Crippen LogP contribution in [0.5, 0.6) is 0 Å². The summed E-state index contributed by atoms with van der Waals surface area (Å²) in [5.74, 6) is -0.525. The summed E-state index contributed by atoms with van der Waals surface area (Å²) in [6.07, 6.45) is 0.700. The van der Waals surface area contributed by atoms with Gasteiger partial charge in [0.2, 0.25) is 5.91 Å². The number of hydrogen-bond donors (Lipinski definition) is 1. The van der Waals surface area contributed by atoms with Gasteiger partial charge in [-0.3, -0.25) is 9.69 Å². The van der Waals surface area contributed by atoms with Crippen LogP contribution in [0.1, 0.15) is 37.6 Å². The average Bonchev–Trinajstić information content (AvgIpc) is 3.10. The van der Waals surface area contributed by atoms with Crippen LogP contribution < -0.4 is 5.32 Å². The maximum Gasteiger partial charge on any atom is 0.341 e. The third kappa shape index (κ3) is 5.65. The summed E-state index contributed by atoms with van der Waals surface area (Å²) in [6.45, 7) is 8.45. The molecule has 0 bridgehead atoms. The second-order valence-electron chi connectivity index (χ2n) is 7.26. The minimum Gasteiger partial charge on any atom is -0.462 e. The molecule has 0 spiro atoms. The number of nitrogens with zero attached hydrogens (tertiary/aromatic N) is 1. The average molecular weight is 417 g/mol. The molecule has 1 aromatic carbocycles. The van der Waals surface area contributed by atoms with Crippen LogP contribution >= 0.6 is 11.3 Å². The third-order valence-electron chi connectivity index (χ3n) is 4.76. The van der Waals surface area contributed by atoms with Crippen molar-refractivity contribution < 1.29 is 19.1 Å². The molecular weight excluding hydrogens is 388 g/mol. The van der Waals surface area contributed by atoms with Crippen molar-refractivity contribution in [3.63, 3.8) is 0 Å². The first kappa shape index (κ1) is 21.5. The van der Waals surface area contributed by atoms with E-state index in [1.165, 1.54) is 11.3 Å². The SMILES string of the molecule is CCOC(=O)c1c(-c2ccccc2)csc1NC(=O)CCN1CC(C)OC(C)C1. The van der Waals surface area contributed by atoms with E-state index in [1.807, 2.05) is 49.6 Å². The summed E-state index contributed by atoms with van der Waals surface area (Å²) in [6, 6.07) is 9.65. The van der Waals surface area contributed by atoms with Gasteiger partial charge >= 0.3 is 5.97 Å². The second-order valence-corrected chi connectivity index (χ2v) is 8.13. The molecule has 2 heterocycles. The van der Waals surface area contributed by atoms with Crippen molar-refractivity contribution >= 4 is 28.2 Å². The zero-order chi connectivity index (χ0) is 20.8. The fourth-order valence-electron chi connectivity index (χ4n) is 3.60. The van der Waals surface area contributed by atoms with Gasteiger partial charge < -0.3 is 14.8 Å². The number of nitrogens with one attached hydrogen (secondary N) is 1. The first-order valence-electron chi connectivity index (χ1n) is 9.99. The molecule has 2 aromatic rings. The molecule has 156 valence electrons. The minimum atomic E-state index is -0.418. The second kappa shape index (κ2) is 10.0. The van der Waals surface area contributed by atoms with Crippen LogP contribution in [0.2, 0.25) is 0 Å². The fourth-order valence-corrected chi connectivity index (χ4v) is 4.58. The number of rotatable bonds is 7. The van der Waals surface area contributed by atoms with Gasteiger partial charge in [-0.15, -0.1) is 11.3 Å². The van der Waals surface area contributed by atoms with Gasteiger partial charge in [-0.25, -0.2) is 4.79 Å². The molecule has 1 aliphatic heterocycles. The van der Waals surface area contributed by atoms with Gasteiger partial charge in [-0.05, 0) is 26.3 Å². The summed E-state index contributed by atoms with van der Waals surface area (Å²) in [5.41, 5.74) is 2.12. The Morgan fingerprint density at radius 1 is 1.21 bits per heavy atom. The van der Waals surface area contributed by atoms with Gasteiger partial charge in [0.25, 0.3) is 0 Å². The Hall–Kier alpha value is -2.22. The lowest BCUT2D eigenvalue weighted by atomic mass is 10.0. The number of ether oxygens (including phenoxy) is 2. The van der Waals surface area contributed by atoms with Crippen LogP contribution in [0.4, 0.5) is 5.00 Å². The zero-order valence-electron chi connectivity index (χ0n) is 17.1. The van der Waals surface area contributed by atoms with Crippen LogP contribution in [-0.4, -0.2) is 55.2 Å². The van der Waals surface area contributed by atoms with Crippen molar-refractivity contribution in [2.75, 3.05) is 31.6 Å². The molecule has 1 saturated heterocycles. The van der Waals surface area contributed by atoms with Crippen LogP contribution in [-0.2, 0) is 14.3 Å². The van der Waals surface area contributed by atoms with Crippen molar-refractivity contribution in [2.24, 2.45) is 0 Å². The van der Waals surface area contributed by atoms with E-state index in [0.29, 0.717) is 23.5 Å². The van der Waals surface area contributed by atoms with E-state index in [0.717, 1.165) is 24.2 Å². The number of thiophene rings is 1. The normalized spacial score (nSPS) is 19.7. The lowest BCUT2D eigenvalue weighted by molar-refractivity contribution is -0.117. The molecule has 0 aliphatic carbocycles. The predicted molar refractivity (Wildman–Crippen MR) is 115 cm³/mol. The number of esters is 1. The molecular formula is C22H28N2O4S. The minimum absolute atomic E-state index is 0.108. The first-order chi connectivity index (χ1) is 14.0. The summed E-state index contributed by atoms with van der Waals surface area (Å²) in [4.78, 5) is 27.4. The van der Waals surface area contributed by atoms with Crippen molar-refractivity contribution in [3.8, 4) is 11.1 Å². The van der Waals surface area contributed by atoms with E-state index in [1.54, 1.807) is 6.92 Å².